The van der Waals surface area contributed by atoms with E-state index >= 15 is 0 Å². The molecule has 1 aliphatic carbocycles. The van der Waals surface area contributed by atoms with Crippen LogP contribution in [0.2, 0.25) is 0 Å². The molecule has 1 saturated carbocycles. The second-order valence-electron chi connectivity index (χ2n) is 4.93. The molecule has 0 atom stereocenters. The van der Waals surface area contributed by atoms with E-state index < -0.39 is 11.9 Å². The normalized spacial score (nSPS) is 18.8. The predicted molar refractivity (Wildman–Crippen MR) is 65.2 cm³/mol. The van der Waals surface area contributed by atoms with Crippen molar-refractivity contribution >= 4 is 12.0 Å². The molecule has 0 aromatic heterocycles. The van der Waals surface area contributed by atoms with E-state index in [-0.39, 0.29) is 31.2 Å². The van der Waals surface area contributed by atoms with Crippen LogP contribution in [0.5, 0.6) is 0 Å². The first-order valence-electron chi connectivity index (χ1n) is 6.50. The number of carbonyl (C=O) groups excluding carboxylic acids is 1. The highest BCUT2D eigenvalue weighted by Gasteiger charge is 2.34. The van der Waals surface area contributed by atoms with E-state index in [0.29, 0.717) is 32.4 Å². The van der Waals surface area contributed by atoms with E-state index in [0.717, 1.165) is 0 Å². The third-order valence-electron chi connectivity index (χ3n) is 3.24. The molecule has 0 aliphatic heterocycles. The van der Waals surface area contributed by atoms with Crippen LogP contribution in [0.1, 0.15) is 38.5 Å². The monoisotopic (exact) mass is 278 g/mol. The highest BCUT2D eigenvalue weighted by molar-refractivity contribution is 5.73. The minimum atomic E-state index is -2.55. The van der Waals surface area contributed by atoms with E-state index in [2.05, 4.69) is 10.6 Å². The van der Waals surface area contributed by atoms with Gasteiger partial charge in [0.05, 0.1) is 0 Å². The van der Waals surface area contributed by atoms with E-state index in [1.54, 1.807) is 0 Å². The third kappa shape index (κ3) is 6.93. The summed E-state index contributed by atoms with van der Waals surface area (Å²) in [6, 6.07) is -0.372. The van der Waals surface area contributed by atoms with Gasteiger partial charge in [0, 0.05) is 32.4 Å². The Morgan fingerprint density at radius 2 is 1.84 bits per heavy atom. The Kier molecular flexibility index (Phi) is 5.98. The smallest absolute Gasteiger partial charge is 0.314 e. The van der Waals surface area contributed by atoms with Crippen molar-refractivity contribution in [3.63, 3.8) is 0 Å². The summed E-state index contributed by atoms with van der Waals surface area (Å²) >= 11 is 0. The van der Waals surface area contributed by atoms with Crippen molar-refractivity contribution in [2.45, 2.75) is 44.4 Å². The van der Waals surface area contributed by atoms with Crippen molar-refractivity contribution in [2.24, 2.45) is 5.92 Å². The first-order chi connectivity index (χ1) is 8.89. The summed E-state index contributed by atoms with van der Waals surface area (Å²) < 4.78 is 25.8. The van der Waals surface area contributed by atoms with Gasteiger partial charge in [-0.05, 0) is 25.2 Å². The molecule has 19 heavy (non-hydrogen) atoms. The fraction of sp³-hybridized carbons (Fsp3) is 0.833. The van der Waals surface area contributed by atoms with Gasteiger partial charge in [-0.3, -0.25) is 4.79 Å². The molecule has 2 amide bonds. The minimum absolute atomic E-state index is 0.0119. The number of carboxylic acids is 1. The number of amides is 2. The molecule has 0 aromatic carbocycles. The molecule has 0 spiro atoms. The van der Waals surface area contributed by atoms with Gasteiger partial charge in [-0.25, -0.2) is 13.6 Å². The molecule has 1 aliphatic rings. The predicted octanol–water partition coefficient (Wildman–Crippen LogP) is 1.98. The maximum atomic E-state index is 12.9. The summed E-state index contributed by atoms with van der Waals surface area (Å²) in [6.07, 6.45) is 1.01. The summed E-state index contributed by atoms with van der Waals surface area (Å²) in [5.74, 6) is -3.34. The van der Waals surface area contributed by atoms with Gasteiger partial charge in [-0.1, -0.05) is 0 Å². The molecule has 7 heteroatoms. The fourth-order valence-electron chi connectivity index (χ4n) is 2.05. The van der Waals surface area contributed by atoms with Gasteiger partial charge in [0.1, 0.15) is 0 Å². The number of hydrogen-bond acceptors (Lipinski definition) is 2. The minimum Gasteiger partial charge on any atom is -0.481 e. The number of hydrogen-bond donors (Lipinski definition) is 3. The molecule has 1 rings (SSSR count). The Morgan fingerprint density at radius 3 is 2.42 bits per heavy atom. The average molecular weight is 278 g/mol. The zero-order valence-electron chi connectivity index (χ0n) is 10.8. The van der Waals surface area contributed by atoms with Crippen molar-refractivity contribution in [2.75, 3.05) is 13.1 Å². The van der Waals surface area contributed by atoms with Crippen molar-refractivity contribution in [3.05, 3.63) is 0 Å². The number of nitrogens with one attached hydrogen (secondary N) is 2. The quantitative estimate of drug-likeness (QED) is 0.650. The van der Waals surface area contributed by atoms with Gasteiger partial charge < -0.3 is 15.7 Å². The molecule has 110 valence electrons. The molecule has 0 aromatic rings. The van der Waals surface area contributed by atoms with Crippen LogP contribution < -0.4 is 10.6 Å². The van der Waals surface area contributed by atoms with Crippen LogP contribution >= 0.6 is 0 Å². The molecule has 0 heterocycles. The van der Waals surface area contributed by atoms with Crippen LogP contribution in [0.4, 0.5) is 13.6 Å². The third-order valence-corrected chi connectivity index (χ3v) is 3.24. The Balaban J connectivity index is 2.06. The number of alkyl halides is 2. The lowest BCUT2D eigenvalue weighted by molar-refractivity contribution is -0.137. The average Bonchev–Trinajstić information content (AvgIpc) is 2.33. The molecule has 0 unspecified atom stereocenters. The Morgan fingerprint density at radius 1 is 1.21 bits per heavy atom. The van der Waals surface area contributed by atoms with Gasteiger partial charge in [0.25, 0.3) is 0 Å². The van der Waals surface area contributed by atoms with Gasteiger partial charge in [-0.2, -0.15) is 0 Å². The van der Waals surface area contributed by atoms with Gasteiger partial charge in [0.2, 0.25) is 5.92 Å². The van der Waals surface area contributed by atoms with Crippen LogP contribution in [-0.2, 0) is 4.79 Å². The summed E-state index contributed by atoms with van der Waals surface area (Å²) in [4.78, 5) is 21.6. The van der Waals surface area contributed by atoms with Crippen LogP contribution in [-0.4, -0.2) is 36.1 Å². The summed E-state index contributed by atoms with van der Waals surface area (Å²) in [6.45, 7) is 0.682. The topological polar surface area (TPSA) is 78.4 Å². The van der Waals surface area contributed by atoms with E-state index in [1.165, 1.54) is 0 Å². The fourth-order valence-corrected chi connectivity index (χ4v) is 2.05. The Hall–Kier alpha value is -1.40. The highest BCUT2D eigenvalue weighted by Crippen LogP contribution is 2.35. The van der Waals surface area contributed by atoms with Crippen molar-refractivity contribution < 1.29 is 23.5 Å². The molecule has 0 radical (unpaired) electrons. The number of carbonyl (C=O) groups is 2. The van der Waals surface area contributed by atoms with E-state index in [9.17, 15) is 18.4 Å². The van der Waals surface area contributed by atoms with E-state index in [4.69, 9.17) is 5.11 Å². The lowest BCUT2D eigenvalue weighted by Gasteiger charge is -2.28. The molecular formula is C12H20F2N2O3. The molecular weight excluding hydrogens is 258 g/mol. The van der Waals surface area contributed by atoms with E-state index in [1.807, 2.05) is 0 Å². The van der Waals surface area contributed by atoms with Crippen LogP contribution in [0, 0.1) is 5.92 Å². The number of urea groups is 1. The molecule has 0 saturated heterocycles. The summed E-state index contributed by atoms with van der Waals surface area (Å²) in [7, 11) is 0. The van der Waals surface area contributed by atoms with Crippen molar-refractivity contribution in [3.8, 4) is 0 Å². The van der Waals surface area contributed by atoms with Crippen LogP contribution in [0.3, 0.4) is 0 Å². The van der Waals surface area contributed by atoms with Gasteiger partial charge >= 0.3 is 12.0 Å². The van der Waals surface area contributed by atoms with Crippen molar-refractivity contribution in [1.29, 1.82) is 0 Å². The zero-order valence-corrected chi connectivity index (χ0v) is 10.8. The Bertz CT molecular complexity index is 314. The standard InChI is InChI=1S/C12H20F2N2O3/c13-12(14)5-3-9(4-6-12)8-16-11(19)15-7-1-2-10(17)18/h9H,1-8H2,(H,17,18)(H2,15,16,19). The maximum Gasteiger partial charge on any atom is 0.314 e. The zero-order chi connectivity index (χ0) is 14.3. The lowest BCUT2D eigenvalue weighted by atomic mass is 9.87. The number of rotatable bonds is 6. The molecule has 5 nitrogen and oxygen atoms in total. The maximum absolute atomic E-state index is 12.9. The van der Waals surface area contributed by atoms with Crippen LogP contribution in [0.25, 0.3) is 0 Å². The van der Waals surface area contributed by atoms with Gasteiger partial charge in [0.15, 0.2) is 0 Å². The second kappa shape index (κ2) is 7.25. The number of halogens is 2. The molecule has 3 N–H and O–H groups in total. The summed E-state index contributed by atoms with van der Waals surface area (Å²) in [5.41, 5.74) is 0. The number of carboxylic acid groups (broad SMARTS) is 1. The largest absolute Gasteiger partial charge is 0.481 e. The SMILES string of the molecule is O=C(O)CCCNC(=O)NCC1CCC(F)(F)CC1. The van der Waals surface area contributed by atoms with Crippen LogP contribution in [0.15, 0.2) is 0 Å². The Labute approximate surface area is 110 Å². The summed E-state index contributed by atoms with van der Waals surface area (Å²) in [5, 5.41) is 13.6. The first kappa shape index (κ1) is 15.7. The second-order valence-corrected chi connectivity index (χ2v) is 4.93. The highest BCUT2D eigenvalue weighted by atomic mass is 19.3. The van der Waals surface area contributed by atoms with Crippen molar-refractivity contribution in [1.82, 2.24) is 10.6 Å². The van der Waals surface area contributed by atoms with Gasteiger partial charge in [-0.15, -0.1) is 0 Å². The first-order valence-corrected chi connectivity index (χ1v) is 6.50. The molecule has 1 fully saturated rings. The molecule has 0 bridgehead atoms. The number of aliphatic carboxylic acids is 1. The lowest BCUT2D eigenvalue weighted by Crippen LogP contribution is -2.40.